The number of fused-ring (bicyclic) bond motifs is 1. The predicted molar refractivity (Wildman–Crippen MR) is 73.3 cm³/mol. The van der Waals surface area contributed by atoms with Crippen LogP contribution in [0.25, 0.3) is 0 Å². The summed E-state index contributed by atoms with van der Waals surface area (Å²) < 4.78 is 5.19. The molecule has 0 radical (unpaired) electrons. The number of carbonyl (C=O) groups is 1. The molecule has 0 aromatic heterocycles. The zero-order valence-electron chi connectivity index (χ0n) is 11.4. The van der Waals surface area contributed by atoms with Gasteiger partial charge >= 0.3 is 0 Å². The normalized spacial score (nSPS) is 29.4. The second-order valence-electron chi connectivity index (χ2n) is 5.51. The van der Waals surface area contributed by atoms with Gasteiger partial charge in [0.1, 0.15) is 5.75 Å². The van der Waals surface area contributed by atoms with E-state index in [1.54, 1.807) is 7.11 Å². The molecule has 0 bridgehead atoms. The van der Waals surface area contributed by atoms with Crippen LogP contribution in [0.5, 0.6) is 5.75 Å². The summed E-state index contributed by atoms with van der Waals surface area (Å²) in [4.78, 5) is 14.6. The molecule has 102 valence electrons. The van der Waals surface area contributed by atoms with E-state index in [9.17, 15) is 4.79 Å². The minimum atomic E-state index is 0.126. The third-order valence-corrected chi connectivity index (χ3v) is 4.51. The minimum Gasteiger partial charge on any atom is -0.497 e. The fourth-order valence-electron chi connectivity index (χ4n) is 3.36. The highest BCUT2D eigenvalue weighted by atomic mass is 16.5. The van der Waals surface area contributed by atoms with Gasteiger partial charge in [0.15, 0.2) is 0 Å². The van der Waals surface area contributed by atoms with Gasteiger partial charge in [-0.3, -0.25) is 4.79 Å². The van der Waals surface area contributed by atoms with Crippen LogP contribution < -0.4 is 10.1 Å². The van der Waals surface area contributed by atoms with Crippen LogP contribution in [0.15, 0.2) is 24.3 Å². The number of rotatable bonds is 2. The molecule has 2 aliphatic heterocycles. The number of nitrogens with zero attached hydrogens (tertiary/aromatic N) is 1. The van der Waals surface area contributed by atoms with Crippen molar-refractivity contribution in [3.05, 3.63) is 29.8 Å². The molecule has 2 saturated heterocycles. The van der Waals surface area contributed by atoms with Crippen LogP contribution in [0.4, 0.5) is 0 Å². The molecule has 1 aromatic rings. The van der Waals surface area contributed by atoms with Crippen LogP contribution in [0.1, 0.15) is 17.3 Å². The van der Waals surface area contributed by atoms with E-state index >= 15 is 0 Å². The van der Waals surface area contributed by atoms with E-state index in [1.165, 1.54) is 0 Å². The third-order valence-electron chi connectivity index (χ3n) is 4.51. The van der Waals surface area contributed by atoms with Crippen molar-refractivity contribution in [2.75, 3.05) is 26.7 Å². The van der Waals surface area contributed by atoms with Crippen LogP contribution in [0.3, 0.4) is 0 Å². The molecule has 2 aliphatic rings. The van der Waals surface area contributed by atoms with E-state index in [1.807, 2.05) is 29.2 Å². The van der Waals surface area contributed by atoms with Crippen molar-refractivity contribution in [1.29, 1.82) is 0 Å². The van der Waals surface area contributed by atoms with Crippen molar-refractivity contribution in [3.8, 4) is 5.75 Å². The van der Waals surface area contributed by atoms with E-state index in [0.717, 1.165) is 30.9 Å². The maximum Gasteiger partial charge on any atom is 0.254 e. The Morgan fingerprint density at radius 2 is 2.26 bits per heavy atom. The van der Waals surface area contributed by atoms with E-state index in [2.05, 4.69) is 12.2 Å². The van der Waals surface area contributed by atoms with Gasteiger partial charge in [0.25, 0.3) is 5.91 Å². The molecule has 0 spiro atoms. The summed E-state index contributed by atoms with van der Waals surface area (Å²) in [6.45, 7) is 5.11. The van der Waals surface area contributed by atoms with Gasteiger partial charge in [0.05, 0.1) is 7.11 Å². The highest BCUT2D eigenvalue weighted by Crippen LogP contribution is 2.33. The monoisotopic (exact) mass is 260 g/mol. The van der Waals surface area contributed by atoms with Crippen LogP contribution in [-0.2, 0) is 0 Å². The number of ether oxygens (including phenoxy) is 1. The summed E-state index contributed by atoms with van der Waals surface area (Å²) in [6, 6.07) is 7.74. The molecule has 0 saturated carbocycles. The first kappa shape index (κ1) is 12.5. The summed E-state index contributed by atoms with van der Waals surface area (Å²) in [7, 11) is 1.62. The Morgan fingerprint density at radius 3 is 3.00 bits per heavy atom. The van der Waals surface area contributed by atoms with Crippen LogP contribution in [-0.4, -0.2) is 43.6 Å². The number of nitrogens with one attached hydrogen (secondary N) is 1. The Morgan fingerprint density at radius 1 is 1.42 bits per heavy atom. The number of carbonyl (C=O) groups excluding carboxylic acids is 1. The third kappa shape index (κ3) is 2.10. The Hall–Kier alpha value is -1.55. The summed E-state index contributed by atoms with van der Waals surface area (Å²) in [5.41, 5.74) is 0.721. The molecule has 3 unspecified atom stereocenters. The summed E-state index contributed by atoms with van der Waals surface area (Å²) in [5.74, 6) is 2.08. The zero-order valence-corrected chi connectivity index (χ0v) is 11.4. The molecule has 4 heteroatoms. The molecule has 1 N–H and O–H groups in total. The first-order valence-electron chi connectivity index (χ1n) is 6.86. The average Bonchev–Trinajstić information content (AvgIpc) is 3.01. The lowest BCUT2D eigenvalue weighted by molar-refractivity contribution is 0.0728. The van der Waals surface area contributed by atoms with Gasteiger partial charge in [-0.25, -0.2) is 0 Å². The van der Waals surface area contributed by atoms with Crippen molar-refractivity contribution in [1.82, 2.24) is 10.2 Å². The van der Waals surface area contributed by atoms with Gasteiger partial charge in [-0.2, -0.15) is 0 Å². The van der Waals surface area contributed by atoms with E-state index < -0.39 is 0 Å². The second-order valence-corrected chi connectivity index (χ2v) is 5.51. The molecule has 3 atom stereocenters. The zero-order chi connectivity index (χ0) is 13.4. The molecule has 1 amide bonds. The molecule has 2 heterocycles. The van der Waals surface area contributed by atoms with E-state index in [4.69, 9.17) is 4.74 Å². The lowest BCUT2D eigenvalue weighted by Crippen LogP contribution is -2.38. The number of likely N-dealkylation sites (tertiary alicyclic amines) is 1. The smallest absolute Gasteiger partial charge is 0.254 e. The number of benzene rings is 1. The first-order chi connectivity index (χ1) is 9.20. The van der Waals surface area contributed by atoms with Gasteiger partial charge in [-0.1, -0.05) is 6.07 Å². The fraction of sp³-hybridized carbons (Fsp3) is 0.533. The number of hydrogen-bond acceptors (Lipinski definition) is 3. The lowest BCUT2D eigenvalue weighted by Gasteiger charge is -2.24. The Bertz CT molecular complexity index is 489. The van der Waals surface area contributed by atoms with Gasteiger partial charge in [-0.15, -0.1) is 0 Å². The molecular formula is C15H20N2O2. The largest absolute Gasteiger partial charge is 0.497 e. The number of methoxy groups -OCH3 is 1. The average molecular weight is 260 g/mol. The Kier molecular flexibility index (Phi) is 3.19. The highest BCUT2D eigenvalue weighted by Gasteiger charge is 2.43. The highest BCUT2D eigenvalue weighted by molar-refractivity contribution is 5.95. The van der Waals surface area contributed by atoms with Gasteiger partial charge in [0.2, 0.25) is 0 Å². The predicted octanol–water partition coefficient (Wildman–Crippen LogP) is 1.38. The van der Waals surface area contributed by atoms with E-state index in [0.29, 0.717) is 17.9 Å². The van der Waals surface area contributed by atoms with Crippen molar-refractivity contribution >= 4 is 5.91 Å². The number of hydrogen-bond donors (Lipinski definition) is 1. The Balaban J connectivity index is 1.80. The molecule has 1 aromatic carbocycles. The molecular weight excluding hydrogens is 240 g/mol. The van der Waals surface area contributed by atoms with Crippen molar-refractivity contribution in [2.24, 2.45) is 11.8 Å². The fourth-order valence-corrected chi connectivity index (χ4v) is 3.36. The summed E-state index contributed by atoms with van der Waals surface area (Å²) in [5, 5.41) is 3.41. The van der Waals surface area contributed by atoms with Gasteiger partial charge in [-0.05, 0) is 37.0 Å². The second kappa shape index (κ2) is 4.85. The SMILES string of the molecule is COc1cccc(C(=O)N2CC3CNCC3C2C)c1. The summed E-state index contributed by atoms with van der Waals surface area (Å²) >= 11 is 0. The lowest BCUT2D eigenvalue weighted by atomic mass is 9.95. The first-order valence-corrected chi connectivity index (χ1v) is 6.86. The minimum absolute atomic E-state index is 0.126. The Labute approximate surface area is 113 Å². The van der Waals surface area contributed by atoms with Crippen LogP contribution in [0, 0.1) is 11.8 Å². The van der Waals surface area contributed by atoms with Crippen LogP contribution in [0.2, 0.25) is 0 Å². The maximum absolute atomic E-state index is 12.6. The number of amides is 1. The molecule has 2 fully saturated rings. The van der Waals surface area contributed by atoms with Crippen LogP contribution >= 0.6 is 0 Å². The standard InChI is InChI=1S/C15H20N2O2/c1-10-14-8-16-7-12(14)9-17(10)15(18)11-4-3-5-13(6-11)19-2/h3-6,10,12,14,16H,7-9H2,1-2H3. The maximum atomic E-state index is 12.6. The van der Waals surface area contributed by atoms with Crippen molar-refractivity contribution in [2.45, 2.75) is 13.0 Å². The summed E-state index contributed by atoms with van der Waals surface area (Å²) in [6.07, 6.45) is 0. The topological polar surface area (TPSA) is 41.6 Å². The van der Waals surface area contributed by atoms with Crippen molar-refractivity contribution in [3.63, 3.8) is 0 Å². The van der Waals surface area contributed by atoms with Gasteiger partial charge < -0.3 is 15.0 Å². The molecule has 19 heavy (non-hydrogen) atoms. The molecule has 0 aliphatic carbocycles. The quantitative estimate of drug-likeness (QED) is 0.873. The van der Waals surface area contributed by atoms with Gasteiger partial charge in [0, 0.05) is 31.2 Å². The molecule has 3 rings (SSSR count). The molecule has 4 nitrogen and oxygen atoms in total. The van der Waals surface area contributed by atoms with E-state index in [-0.39, 0.29) is 5.91 Å². The van der Waals surface area contributed by atoms with Crippen molar-refractivity contribution < 1.29 is 9.53 Å².